The minimum Gasteiger partial charge on any atom is -0.478 e. The summed E-state index contributed by atoms with van der Waals surface area (Å²) in [4.78, 5) is 27.2. The Labute approximate surface area is 206 Å². The second-order valence-corrected chi connectivity index (χ2v) is 11.1. The number of rotatable bonds is 6. The van der Waals surface area contributed by atoms with Crippen molar-refractivity contribution in [3.8, 4) is 6.07 Å². The number of para-hydroxylation sites is 1. The van der Waals surface area contributed by atoms with E-state index in [0.717, 1.165) is 17.0 Å². The average molecular weight is 511 g/mol. The molecule has 2 aromatic carbocycles. The Morgan fingerprint density at radius 1 is 1.06 bits per heavy atom. The first-order valence-corrected chi connectivity index (χ1v) is 13.0. The summed E-state index contributed by atoms with van der Waals surface area (Å²) in [6, 6.07) is 16.9. The molecule has 9 nitrogen and oxygen atoms in total. The van der Waals surface area contributed by atoms with Crippen molar-refractivity contribution in [2.45, 2.75) is 11.8 Å². The summed E-state index contributed by atoms with van der Waals surface area (Å²) < 4.78 is 28.1. The number of carbonyl (C=O) groups excluding carboxylic acids is 1. The normalized spacial score (nSPS) is 14.3. The quantitative estimate of drug-likeness (QED) is 0.520. The van der Waals surface area contributed by atoms with Crippen LogP contribution >= 0.6 is 11.3 Å². The molecule has 4 rings (SSSR count). The molecule has 2 heterocycles. The Hall–Kier alpha value is -3.72. The van der Waals surface area contributed by atoms with E-state index in [1.807, 2.05) is 36.4 Å². The zero-order chi connectivity index (χ0) is 25.2. The number of anilines is 2. The number of thiophene rings is 1. The standard InChI is InChI=1S/C24H22N4O5S2/c1-16-22(35(32,33)28-11-9-27(10-12-28)18-5-3-2-4-6-18)14-21(34-16)23(29)26-20-8-7-17(15-25)13-19(20)24(30)31/h2-8,13-14H,9-12H2,1H3,(H,26,29)(H,30,31). The van der Waals surface area contributed by atoms with E-state index >= 15 is 0 Å². The molecule has 180 valence electrons. The Kier molecular flexibility index (Phi) is 6.88. The number of aryl methyl sites for hydroxylation is 1. The van der Waals surface area contributed by atoms with Gasteiger partial charge in [0.05, 0.1) is 32.7 Å². The molecule has 1 saturated heterocycles. The summed E-state index contributed by atoms with van der Waals surface area (Å²) >= 11 is 1.02. The van der Waals surface area contributed by atoms with Gasteiger partial charge in [-0.25, -0.2) is 13.2 Å². The van der Waals surface area contributed by atoms with Gasteiger partial charge in [0.1, 0.15) is 0 Å². The fourth-order valence-electron chi connectivity index (χ4n) is 3.88. The van der Waals surface area contributed by atoms with Crippen LogP contribution in [-0.4, -0.2) is 55.9 Å². The van der Waals surface area contributed by atoms with Crippen LogP contribution in [0.2, 0.25) is 0 Å². The molecule has 0 aliphatic carbocycles. The molecule has 0 bridgehead atoms. The van der Waals surface area contributed by atoms with E-state index in [2.05, 4.69) is 10.2 Å². The van der Waals surface area contributed by atoms with Crippen LogP contribution in [0.25, 0.3) is 0 Å². The van der Waals surface area contributed by atoms with Gasteiger partial charge in [0.25, 0.3) is 5.91 Å². The van der Waals surface area contributed by atoms with Crippen LogP contribution < -0.4 is 10.2 Å². The van der Waals surface area contributed by atoms with Crippen LogP contribution in [0.1, 0.15) is 30.5 Å². The highest BCUT2D eigenvalue weighted by molar-refractivity contribution is 7.89. The van der Waals surface area contributed by atoms with Crippen LogP contribution in [-0.2, 0) is 10.0 Å². The van der Waals surface area contributed by atoms with Gasteiger partial charge < -0.3 is 15.3 Å². The largest absolute Gasteiger partial charge is 0.478 e. The zero-order valence-corrected chi connectivity index (χ0v) is 20.4. The van der Waals surface area contributed by atoms with Crippen LogP contribution in [0, 0.1) is 18.3 Å². The highest BCUT2D eigenvalue weighted by Gasteiger charge is 2.32. The van der Waals surface area contributed by atoms with Gasteiger partial charge in [-0.05, 0) is 43.3 Å². The molecule has 35 heavy (non-hydrogen) atoms. The average Bonchev–Trinajstić information content (AvgIpc) is 3.27. The molecule has 3 aromatic rings. The minimum absolute atomic E-state index is 0.0222. The summed E-state index contributed by atoms with van der Waals surface area (Å²) in [7, 11) is -3.81. The summed E-state index contributed by atoms with van der Waals surface area (Å²) in [5, 5.41) is 20.9. The van der Waals surface area contributed by atoms with Crippen molar-refractivity contribution in [1.29, 1.82) is 5.26 Å². The molecule has 0 atom stereocenters. The highest BCUT2D eigenvalue weighted by atomic mass is 32.2. The van der Waals surface area contributed by atoms with Crippen LogP contribution in [0.3, 0.4) is 0 Å². The number of carboxylic acid groups (broad SMARTS) is 1. The fourth-order valence-corrected chi connectivity index (χ4v) is 6.76. The van der Waals surface area contributed by atoms with Crippen molar-refractivity contribution in [3.05, 3.63) is 75.5 Å². The number of hydrogen-bond acceptors (Lipinski definition) is 7. The minimum atomic E-state index is -3.81. The molecule has 1 aromatic heterocycles. The number of nitrogens with one attached hydrogen (secondary N) is 1. The molecule has 0 unspecified atom stereocenters. The molecular formula is C24H22N4O5S2. The van der Waals surface area contributed by atoms with E-state index in [-0.39, 0.29) is 26.6 Å². The van der Waals surface area contributed by atoms with Crippen molar-refractivity contribution < 1.29 is 23.1 Å². The fraction of sp³-hybridized carbons (Fsp3) is 0.208. The molecule has 1 aliphatic rings. The van der Waals surface area contributed by atoms with Crippen LogP contribution in [0.4, 0.5) is 11.4 Å². The lowest BCUT2D eigenvalue weighted by molar-refractivity contribution is 0.0698. The summed E-state index contributed by atoms with van der Waals surface area (Å²) in [6.07, 6.45) is 0. The van der Waals surface area contributed by atoms with Crippen molar-refractivity contribution >= 4 is 44.6 Å². The van der Waals surface area contributed by atoms with Crippen molar-refractivity contribution in [3.63, 3.8) is 0 Å². The number of piperazine rings is 1. The molecule has 0 radical (unpaired) electrons. The molecule has 2 N–H and O–H groups in total. The summed E-state index contributed by atoms with van der Waals surface area (Å²) in [5.74, 6) is -1.92. The maximum absolute atomic E-state index is 13.3. The topological polar surface area (TPSA) is 131 Å². The van der Waals surface area contributed by atoms with E-state index in [9.17, 15) is 23.1 Å². The molecule has 1 aliphatic heterocycles. The van der Waals surface area contributed by atoms with Crippen molar-refractivity contribution in [1.82, 2.24) is 4.31 Å². The van der Waals surface area contributed by atoms with Gasteiger partial charge in [0.15, 0.2) is 0 Å². The van der Waals surface area contributed by atoms with Gasteiger partial charge in [-0.2, -0.15) is 9.57 Å². The third-order valence-electron chi connectivity index (χ3n) is 5.70. The van der Waals surface area contributed by atoms with E-state index in [1.54, 1.807) is 6.92 Å². The molecule has 11 heteroatoms. The van der Waals surface area contributed by atoms with Gasteiger partial charge >= 0.3 is 5.97 Å². The smallest absolute Gasteiger partial charge is 0.337 e. The van der Waals surface area contributed by atoms with Gasteiger partial charge in [-0.15, -0.1) is 11.3 Å². The number of hydrogen-bond donors (Lipinski definition) is 2. The monoisotopic (exact) mass is 510 g/mol. The molecular weight excluding hydrogens is 488 g/mol. The molecule has 0 spiro atoms. The second kappa shape index (κ2) is 9.87. The van der Waals surface area contributed by atoms with Crippen LogP contribution in [0.15, 0.2) is 59.5 Å². The lowest BCUT2D eigenvalue weighted by atomic mass is 10.1. The van der Waals surface area contributed by atoms with Gasteiger partial charge in [-0.1, -0.05) is 18.2 Å². The summed E-state index contributed by atoms with van der Waals surface area (Å²) in [5.41, 5.74) is 0.982. The first-order chi connectivity index (χ1) is 16.7. The van der Waals surface area contributed by atoms with Gasteiger partial charge in [-0.3, -0.25) is 4.79 Å². The number of nitriles is 1. The van der Waals surface area contributed by atoms with Gasteiger partial charge in [0, 0.05) is 36.7 Å². The number of nitrogens with zero attached hydrogens (tertiary/aromatic N) is 3. The number of aromatic carboxylic acids is 1. The maximum atomic E-state index is 13.3. The Morgan fingerprint density at radius 2 is 1.74 bits per heavy atom. The molecule has 1 fully saturated rings. The lowest BCUT2D eigenvalue weighted by Gasteiger charge is -2.35. The van der Waals surface area contributed by atoms with E-state index in [1.165, 1.54) is 28.6 Å². The van der Waals surface area contributed by atoms with Crippen LogP contribution in [0.5, 0.6) is 0 Å². The first kappa shape index (κ1) is 24.4. The number of amides is 1. The third kappa shape index (κ3) is 5.05. The van der Waals surface area contributed by atoms with Gasteiger partial charge in [0.2, 0.25) is 10.0 Å². The molecule has 0 saturated carbocycles. The maximum Gasteiger partial charge on any atom is 0.337 e. The Morgan fingerprint density at radius 3 is 2.37 bits per heavy atom. The number of carboxylic acids is 1. The first-order valence-electron chi connectivity index (χ1n) is 10.7. The lowest BCUT2D eigenvalue weighted by Crippen LogP contribution is -2.48. The van der Waals surface area contributed by atoms with Crippen molar-refractivity contribution in [2.24, 2.45) is 0 Å². The predicted octanol–water partition coefficient (Wildman–Crippen LogP) is 3.39. The Balaban J connectivity index is 1.51. The second-order valence-electron chi connectivity index (χ2n) is 7.89. The highest BCUT2D eigenvalue weighted by Crippen LogP contribution is 2.30. The SMILES string of the molecule is Cc1sc(C(=O)Nc2ccc(C#N)cc2C(=O)O)cc1S(=O)(=O)N1CCN(c2ccccc2)CC1. The predicted molar refractivity (Wildman–Crippen MR) is 133 cm³/mol. The van der Waals surface area contributed by atoms with E-state index in [0.29, 0.717) is 31.1 Å². The number of carbonyl (C=O) groups is 2. The molecule has 1 amide bonds. The van der Waals surface area contributed by atoms with Crippen molar-refractivity contribution in [2.75, 3.05) is 36.4 Å². The summed E-state index contributed by atoms with van der Waals surface area (Å²) in [6.45, 7) is 3.38. The number of sulfonamides is 1. The third-order valence-corrected chi connectivity index (χ3v) is 8.90. The number of benzene rings is 2. The van der Waals surface area contributed by atoms with E-state index in [4.69, 9.17) is 5.26 Å². The zero-order valence-electron chi connectivity index (χ0n) is 18.8. The van der Waals surface area contributed by atoms with E-state index < -0.39 is 21.9 Å². The Bertz CT molecular complexity index is 1420.